The lowest BCUT2D eigenvalue weighted by Gasteiger charge is -2.24. The standard InChI is InChI=1S/C20H26FN4O7PS/c1-12(2)30-19(26)13(3)24-33(28,32-14-7-5-4-6-8-14)29-10-17-31-16(11-34-17)25-9-15(21)18(22)23-20(25)27/h4-9,12-13,16-17H,10-11H2,1-3H3,(H,24,28)(H2,22,23,27)/t13-,16-,17+,33-/m0/s1. The minimum absolute atomic E-state index is 0.218. The third kappa shape index (κ3) is 7.03. The Morgan fingerprint density at radius 1 is 1.38 bits per heavy atom. The third-order valence-corrected chi connectivity index (χ3v) is 7.12. The molecule has 11 nitrogen and oxygen atoms in total. The number of aromatic nitrogens is 2. The van der Waals surface area contributed by atoms with Crippen LogP contribution in [0.25, 0.3) is 0 Å². The lowest BCUT2D eigenvalue weighted by Crippen LogP contribution is -2.36. The lowest BCUT2D eigenvalue weighted by atomic mass is 10.3. The quantitative estimate of drug-likeness (QED) is 0.355. The van der Waals surface area contributed by atoms with Crippen LogP contribution in [0.15, 0.2) is 41.3 Å². The van der Waals surface area contributed by atoms with Gasteiger partial charge in [-0.05, 0) is 32.9 Å². The van der Waals surface area contributed by atoms with Crippen LogP contribution in [-0.4, -0.2) is 45.5 Å². The molecule has 3 rings (SSSR count). The van der Waals surface area contributed by atoms with E-state index >= 15 is 0 Å². The van der Waals surface area contributed by atoms with Gasteiger partial charge in [-0.15, -0.1) is 11.8 Å². The van der Waals surface area contributed by atoms with E-state index in [-0.39, 0.29) is 24.2 Å². The van der Waals surface area contributed by atoms with Crippen LogP contribution in [0.2, 0.25) is 0 Å². The topological polar surface area (TPSA) is 144 Å². The maximum Gasteiger partial charge on any atom is 0.459 e. The van der Waals surface area contributed by atoms with Gasteiger partial charge in [0.1, 0.15) is 23.5 Å². The number of nitrogens with one attached hydrogen (secondary N) is 1. The maximum atomic E-state index is 13.8. The number of nitrogen functional groups attached to an aromatic ring is 1. The van der Waals surface area contributed by atoms with Crippen molar-refractivity contribution in [2.75, 3.05) is 18.1 Å². The van der Waals surface area contributed by atoms with Crippen molar-refractivity contribution in [2.45, 2.75) is 44.6 Å². The molecule has 4 atom stereocenters. The number of rotatable bonds is 10. The van der Waals surface area contributed by atoms with E-state index in [4.69, 9.17) is 24.3 Å². The van der Waals surface area contributed by atoms with Crippen molar-refractivity contribution in [2.24, 2.45) is 0 Å². The maximum absolute atomic E-state index is 13.8. The second-order valence-corrected chi connectivity index (χ2v) is 10.4. The Labute approximate surface area is 199 Å². The van der Waals surface area contributed by atoms with Crippen LogP contribution in [0.1, 0.15) is 27.0 Å². The number of para-hydroxylation sites is 1. The lowest BCUT2D eigenvalue weighted by molar-refractivity contribution is -0.149. The molecule has 0 spiro atoms. The molecule has 14 heteroatoms. The van der Waals surface area contributed by atoms with E-state index in [1.165, 1.54) is 18.7 Å². The highest BCUT2D eigenvalue weighted by molar-refractivity contribution is 8.00. The Morgan fingerprint density at radius 3 is 2.76 bits per heavy atom. The number of thioether (sulfide) groups is 1. The summed E-state index contributed by atoms with van der Waals surface area (Å²) < 4.78 is 50.2. The predicted molar refractivity (Wildman–Crippen MR) is 124 cm³/mol. The van der Waals surface area contributed by atoms with Crippen molar-refractivity contribution in [1.82, 2.24) is 14.6 Å². The number of halogens is 1. The predicted octanol–water partition coefficient (Wildman–Crippen LogP) is 2.69. The summed E-state index contributed by atoms with van der Waals surface area (Å²) in [6.45, 7) is 4.64. The fourth-order valence-electron chi connectivity index (χ4n) is 2.83. The molecule has 0 bridgehead atoms. The van der Waals surface area contributed by atoms with Crippen LogP contribution in [0, 0.1) is 5.82 Å². The summed E-state index contributed by atoms with van der Waals surface area (Å²) in [5.74, 6) is -1.43. The van der Waals surface area contributed by atoms with Crippen LogP contribution in [0.5, 0.6) is 5.75 Å². The molecule has 0 aliphatic carbocycles. The van der Waals surface area contributed by atoms with Gasteiger partial charge in [0.25, 0.3) is 0 Å². The zero-order valence-electron chi connectivity index (χ0n) is 18.8. The van der Waals surface area contributed by atoms with Crippen molar-refractivity contribution in [3.63, 3.8) is 0 Å². The molecule has 1 saturated heterocycles. The first kappa shape index (κ1) is 26.2. The monoisotopic (exact) mass is 516 g/mol. The molecule has 0 saturated carbocycles. The molecule has 3 N–H and O–H groups in total. The van der Waals surface area contributed by atoms with Gasteiger partial charge in [-0.25, -0.2) is 13.8 Å². The molecule has 34 heavy (non-hydrogen) atoms. The minimum atomic E-state index is -4.06. The van der Waals surface area contributed by atoms with Gasteiger partial charge < -0.3 is 19.7 Å². The van der Waals surface area contributed by atoms with Gasteiger partial charge in [-0.1, -0.05) is 18.2 Å². The number of carbonyl (C=O) groups is 1. The number of esters is 1. The highest BCUT2D eigenvalue weighted by Gasteiger charge is 2.36. The van der Waals surface area contributed by atoms with Crippen LogP contribution in [0.4, 0.5) is 10.2 Å². The molecule has 0 amide bonds. The van der Waals surface area contributed by atoms with Gasteiger partial charge in [0.2, 0.25) is 0 Å². The van der Waals surface area contributed by atoms with Gasteiger partial charge >= 0.3 is 19.4 Å². The smallest absolute Gasteiger partial charge is 0.459 e. The second kappa shape index (κ2) is 11.3. The normalized spacial score (nSPS) is 20.6. The zero-order chi connectivity index (χ0) is 24.9. The number of anilines is 1. The molecule has 186 valence electrons. The molecular weight excluding hydrogens is 490 g/mol. The van der Waals surface area contributed by atoms with Crippen LogP contribution in [0.3, 0.4) is 0 Å². The Kier molecular flexibility index (Phi) is 8.72. The fourth-order valence-corrected chi connectivity index (χ4v) is 5.41. The van der Waals surface area contributed by atoms with Crippen molar-refractivity contribution in [1.29, 1.82) is 0 Å². The summed E-state index contributed by atoms with van der Waals surface area (Å²) in [6.07, 6.45) is -0.258. The average Bonchev–Trinajstić information content (AvgIpc) is 3.24. The first-order valence-corrected chi connectivity index (χ1v) is 12.9. The number of carbonyl (C=O) groups excluding carboxylic acids is 1. The molecule has 1 aromatic carbocycles. The Balaban J connectivity index is 1.68. The third-order valence-electron chi connectivity index (χ3n) is 4.38. The Morgan fingerprint density at radius 2 is 2.09 bits per heavy atom. The van der Waals surface area contributed by atoms with Crippen LogP contribution < -0.4 is 21.0 Å². The number of nitrogens with zero attached hydrogens (tertiary/aromatic N) is 2. The van der Waals surface area contributed by atoms with Gasteiger partial charge in [-0.3, -0.25) is 13.9 Å². The molecule has 2 heterocycles. The van der Waals surface area contributed by atoms with Crippen molar-refractivity contribution < 1.29 is 32.3 Å². The summed E-state index contributed by atoms with van der Waals surface area (Å²) >= 11 is 1.26. The Hall–Kier alpha value is -2.44. The van der Waals surface area contributed by atoms with E-state index < -0.39 is 48.7 Å². The van der Waals surface area contributed by atoms with E-state index in [0.717, 1.165) is 10.8 Å². The van der Waals surface area contributed by atoms with Crippen LogP contribution >= 0.6 is 19.5 Å². The molecule has 1 aliphatic heterocycles. The molecule has 0 radical (unpaired) electrons. The Bertz CT molecular complexity index is 1100. The van der Waals surface area contributed by atoms with E-state index in [0.29, 0.717) is 0 Å². The molecule has 1 aromatic heterocycles. The van der Waals surface area contributed by atoms with Crippen molar-refractivity contribution >= 4 is 31.3 Å². The van der Waals surface area contributed by atoms with Gasteiger partial charge in [0, 0.05) is 5.75 Å². The molecule has 1 aliphatic rings. The van der Waals surface area contributed by atoms with Crippen LogP contribution in [-0.2, 0) is 23.4 Å². The van der Waals surface area contributed by atoms with Crippen molar-refractivity contribution in [3.8, 4) is 5.75 Å². The fraction of sp³-hybridized carbons (Fsp3) is 0.450. The molecule has 2 aromatic rings. The number of ether oxygens (including phenoxy) is 2. The van der Waals surface area contributed by atoms with Crippen molar-refractivity contribution in [3.05, 3.63) is 52.8 Å². The number of benzene rings is 1. The summed E-state index contributed by atoms with van der Waals surface area (Å²) in [4.78, 5) is 27.7. The minimum Gasteiger partial charge on any atom is -0.462 e. The van der Waals surface area contributed by atoms with E-state index in [9.17, 15) is 18.5 Å². The average molecular weight is 516 g/mol. The largest absolute Gasteiger partial charge is 0.462 e. The highest BCUT2D eigenvalue weighted by Crippen LogP contribution is 2.46. The summed E-state index contributed by atoms with van der Waals surface area (Å²) in [6, 6.07) is 7.31. The molecular formula is C20H26FN4O7PS. The number of hydrogen-bond donors (Lipinski definition) is 2. The second-order valence-electron chi connectivity index (χ2n) is 7.55. The van der Waals surface area contributed by atoms with E-state index in [1.54, 1.807) is 44.2 Å². The van der Waals surface area contributed by atoms with E-state index in [2.05, 4.69) is 10.1 Å². The first-order valence-electron chi connectivity index (χ1n) is 10.3. The number of hydrogen-bond acceptors (Lipinski definition) is 10. The van der Waals surface area contributed by atoms with Gasteiger partial charge in [-0.2, -0.15) is 10.1 Å². The van der Waals surface area contributed by atoms with Gasteiger partial charge in [0.05, 0.1) is 18.9 Å². The molecule has 1 fully saturated rings. The highest BCUT2D eigenvalue weighted by atomic mass is 32.2. The summed E-state index contributed by atoms with van der Waals surface area (Å²) in [7, 11) is -4.06. The summed E-state index contributed by atoms with van der Waals surface area (Å²) in [5.41, 5.74) is 3.89. The first-order chi connectivity index (χ1) is 16.1. The van der Waals surface area contributed by atoms with E-state index in [1.807, 2.05) is 0 Å². The zero-order valence-corrected chi connectivity index (χ0v) is 20.5. The van der Waals surface area contributed by atoms with Gasteiger partial charge in [0.15, 0.2) is 11.6 Å². The summed E-state index contributed by atoms with van der Waals surface area (Å²) in [5, 5.41) is 2.58. The molecule has 0 unspecified atom stereocenters. The SMILES string of the molecule is CC(C)OC(=O)[C@H](C)N[P@](=O)(OC[C@@H]1O[C@H](n2cc(F)c(N)nc2=O)CS1)Oc1ccccc1. The number of nitrogens with two attached hydrogens (primary N) is 1.